The van der Waals surface area contributed by atoms with Gasteiger partial charge in [0.1, 0.15) is 19.0 Å². The van der Waals surface area contributed by atoms with Crippen molar-refractivity contribution in [2.24, 2.45) is 5.41 Å². The van der Waals surface area contributed by atoms with Gasteiger partial charge in [-0.2, -0.15) is 0 Å². The third kappa shape index (κ3) is 5.55. The number of carbonyl (C=O) groups is 3. The number of fused-ring (bicyclic) bond motifs is 4. The Hall–Kier alpha value is -6.02. The molecule has 11 rings (SSSR count). The van der Waals surface area contributed by atoms with E-state index in [1.54, 1.807) is 12.1 Å². The highest BCUT2D eigenvalue weighted by Crippen LogP contribution is 2.55. The third-order valence-corrected chi connectivity index (χ3v) is 12.7. The Labute approximate surface area is 331 Å². The molecule has 8 aliphatic rings. The van der Waals surface area contributed by atoms with Crippen LogP contribution in [0.4, 0.5) is 4.39 Å². The Balaban J connectivity index is 0.000000141. The highest BCUT2D eigenvalue weighted by atomic mass is 19.1. The van der Waals surface area contributed by atoms with E-state index in [1.807, 2.05) is 36.4 Å². The van der Waals surface area contributed by atoms with Gasteiger partial charge in [0.05, 0.1) is 11.4 Å². The lowest BCUT2D eigenvalue weighted by molar-refractivity contribution is -0.117. The number of carbonyl (C=O) groups excluding carboxylic acids is 3. The first-order valence-corrected chi connectivity index (χ1v) is 20.1. The number of ketones is 3. The van der Waals surface area contributed by atoms with E-state index >= 15 is 0 Å². The Morgan fingerprint density at radius 2 is 1.32 bits per heavy atom. The maximum absolute atomic E-state index is 13.7. The van der Waals surface area contributed by atoms with Gasteiger partial charge >= 0.3 is 0 Å². The number of dihydropyridines is 2. The number of ether oxygens (including phenoxy) is 2. The summed E-state index contributed by atoms with van der Waals surface area (Å²) in [4.78, 5) is 39.7. The van der Waals surface area contributed by atoms with Crippen molar-refractivity contribution >= 4 is 28.6 Å². The van der Waals surface area contributed by atoms with Crippen molar-refractivity contribution in [3.05, 3.63) is 164 Å². The molecule has 0 saturated heterocycles. The molecule has 5 aliphatic carbocycles. The fourth-order valence-corrected chi connectivity index (χ4v) is 10.1. The van der Waals surface area contributed by atoms with Gasteiger partial charge in [-0.3, -0.25) is 14.4 Å². The second-order valence-electron chi connectivity index (χ2n) is 16.6. The standard InChI is InChI=1S/C26H25NO4.C23H18FNO/c1-26(2)10-4-5-15-23(26)24-22(25(15)29)20(21-16(27-24)6-3-7-17(21)28)14-8-9-18-19(13-14)31-12-11-30-18;1-13-16-5-2-3-6-17(16)23-20(13)21(14-9-11-15(24)12-10-14)22-18(25-23)7-4-8-19(22)26/h4-5,8-9,13,20,27H,3,6-7,10-12H2,1-2H3;2-3,5-6,9-12,21,25H,1,4,7-8H2. The molecule has 3 heterocycles. The number of hydrogen-bond acceptors (Lipinski definition) is 7. The number of rotatable bonds is 2. The van der Waals surface area contributed by atoms with Gasteiger partial charge in [-0.25, -0.2) is 4.39 Å². The quantitative estimate of drug-likeness (QED) is 0.269. The third-order valence-electron chi connectivity index (χ3n) is 12.7. The molecule has 8 heteroatoms. The van der Waals surface area contributed by atoms with E-state index in [-0.39, 0.29) is 40.4 Å². The lowest BCUT2D eigenvalue weighted by Gasteiger charge is -2.36. The van der Waals surface area contributed by atoms with Gasteiger partial charge in [0, 0.05) is 63.9 Å². The molecule has 0 spiro atoms. The van der Waals surface area contributed by atoms with Crippen LogP contribution in [0.25, 0.3) is 11.3 Å². The van der Waals surface area contributed by atoms with Gasteiger partial charge in [0.2, 0.25) is 0 Å². The Kier molecular flexibility index (Phi) is 8.25. The summed E-state index contributed by atoms with van der Waals surface area (Å²) in [7, 11) is 0. The summed E-state index contributed by atoms with van der Waals surface area (Å²) in [6.07, 6.45) is 9.43. The molecule has 0 aromatic heterocycles. The number of hydrogen-bond donors (Lipinski definition) is 2. The first-order valence-electron chi connectivity index (χ1n) is 20.1. The number of Topliss-reactive ketones (excluding diaryl/α,β-unsaturated/α-hetero) is 3. The van der Waals surface area contributed by atoms with E-state index in [9.17, 15) is 18.8 Å². The molecule has 3 aromatic carbocycles. The summed E-state index contributed by atoms with van der Waals surface area (Å²) in [6.45, 7) is 9.73. The number of benzene rings is 3. The second kappa shape index (κ2) is 13.3. The zero-order valence-corrected chi connectivity index (χ0v) is 32.2. The normalized spacial score (nSPS) is 23.8. The molecular formula is C49H43FN2O5. The summed E-state index contributed by atoms with van der Waals surface area (Å²) >= 11 is 0. The molecule has 0 amide bonds. The van der Waals surface area contributed by atoms with E-state index in [0.29, 0.717) is 43.1 Å². The van der Waals surface area contributed by atoms with Crippen molar-refractivity contribution in [3.63, 3.8) is 0 Å². The van der Waals surface area contributed by atoms with Crippen LogP contribution in [-0.4, -0.2) is 30.6 Å². The van der Waals surface area contributed by atoms with Crippen LogP contribution in [0.5, 0.6) is 11.5 Å². The highest BCUT2D eigenvalue weighted by Gasteiger charge is 2.48. The lowest BCUT2D eigenvalue weighted by atomic mass is 9.73. The average Bonchev–Trinajstić information content (AvgIpc) is 3.67. The van der Waals surface area contributed by atoms with Gasteiger partial charge in [-0.05, 0) is 95.2 Å². The van der Waals surface area contributed by atoms with E-state index in [1.165, 1.54) is 12.1 Å². The van der Waals surface area contributed by atoms with Crippen molar-refractivity contribution in [2.45, 2.75) is 70.6 Å². The van der Waals surface area contributed by atoms with Crippen LogP contribution >= 0.6 is 0 Å². The van der Waals surface area contributed by atoms with E-state index in [4.69, 9.17) is 9.47 Å². The van der Waals surface area contributed by atoms with Crippen LogP contribution in [0.1, 0.15) is 92.9 Å². The molecule has 2 atom stereocenters. The molecule has 0 radical (unpaired) electrons. The van der Waals surface area contributed by atoms with Crippen molar-refractivity contribution in [3.8, 4) is 11.5 Å². The minimum absolute atomic E-state index is 0.0336. The molecule has 0 bridgehead atoms. The van der Waals surface area contributed by atoms with Crippen molar-refractivity contribution in [1.82, 2.24) is 10.6 Å². The SMILES string of the molecule is C=C1C2=C(NC3=C(C(=O)CCC3)C2c2ccc(F)cc2)c2ccccc21.CC1(C)CC=CC2=C1C1=C(C2=O)C(c2ccc3c(c2)OCCO3)C2=C(CCCC2=O)N1. The molecule has 3 aromatic rings. The number of allylic oxidation sites excluding steroid dienone is 11. The predicted molar refractivity (Wildman–Crippen MR) is 216 cm³/mol. The smallest absolute Gasteiger partial charge is 0.192 e. The number of nitrogens with one attached hydrogen (secondary N) is 2. The van der Waals surface area contributed by atoms with E-state index < -0.39 is 0 Å². The molecule has 0 saturated carbocycles. The first kappa shape index (κ1) is 35.4. The fourth-order valence-electron chi connectivity index (χ4n) is 10.1. The predicted octanol–water partition coefficient (Wildman–Crippen LogP) is 9.23. The molecule has 7 nitrogen and oxygen atoms in total. The molecule has 57 heavy (non-hydrogen) atoms. The Morgan fingerprint density at radius 1 is 0.702 bits per heavy atom. The van der Waals surface area contributed by atoms with Gasteiger partial charge in [-0.1, -0.05) is 75.0 Å². The summed E-state index contributed by atoms with van der Waals surface area (Å²) in [5, 5.41) is 7.11. The van der Waals surface area contributed by atoms with Crippen LogP contribution < -0.4 is 20.1 Å². The van der Waals surface area contributed by atoms with Crippen LogP contribution in [0.15, 0.2) is 136 Å². The lowest BCUT2D eigenvalue weighted by Crippen LogP contribution is -2.34. The van der Waals surface area contributed by atoms with E-state index in [0.717, 1.165) is 111 Å². The minimum Gasteiger partial charge on any atom is -0.486 e. The molecular weight excluding hydrogens is 716 g/mol. The van der Waals surface area contributed by atoms with Gasteiger partial charge in [0.25, 0.3) is 0 Å². The number of halogens is 1. The van der Waals surface area contributed by atoms with E-state index in [2.05, 4.69) is 49.3 Å². The monoisotopic (exact) mass is 758 g/mol. The molecule has 286 valence electrons. The minimum atomic E-state index is -0.378. The fraction of sp³-hybridized carbons (Fsp3) is 0.286. The maximum Gasteiger partial charge on any atom is 0.192 e. The van der Waals surface area contributed by atoms with Crippen LogP contribution in [0.3, 0.4) is 0 Å². The van der Waals surface area contributed by atoms with Crippen LogP contribution in [0.2, 0.25) is 0 Å². The van der Waals surface area contributed by atoms with Crippen LogP contribution in [-0.2, 0) is 14.4 Å². The van der Waals surface area contributed by atoms with Crippen LogP contribution in [0, 0.1) is 11.2 Å². The summed E-state index contributed by atoms with van der Waals surface area (Å²) in [6, 6.07) is 20.5. The summed E-state index contributed by atoms with van der Waals surface area (Å²) in [5.41, 5.74) is 14.0. The van der Waals surface area contributed by atoms with Crippen molar-refractivity contribution < 1.29 is 28.2 Å². The van der Waals surface area contributed by atoms with Gasteiger partial charge in [0.15, 0.2) is 28.8 Å². The van der Waals surface area contributed by atoms with Gasteiger partial charge < -0.3 is 20.1 Å². The molecule has 2 unspecified atom stereocenters. The van der Waals surface area contributed by atoms with Gasteiger partial charge in [-0.15, -0.1) is 0 Å². The maximum atomic E-state index is 13.7. The Morgan fingerprint density at radius 3 is 2.02 bits per heavy atom. The molecule has 0 fully saturated rings. The zero-order valence-electron chi connectivity index (χ0n) is 32.2. The highest BCUT2D eigenvalue weighted by molar-refractivity contribution is 6.18. The molecule has 3 aliphatic heterocycles. The summed E-state index contributed by atoms with van der Waals surface area (Å²) < 4.78 is 25.0. The van der Waals surface area contributed by atoms with Crippen molar-refractivity contribution in [2.75, 3.05) is 13.2 Å². The largest absolute Gasteiger partial charge is 0.486 e. The second-order valence-corrected chi connectivity index (χ2v) is 16.6. The Bertz CT molecular complexity index is 2560. The van der Waals surface area contributed by atoms with Crippen molar-refractivity contribution in [1.29, 1.82) is 0 Å². The first-order chi connectivity index (χ1) is 27.6. The zero-order chi connectivity index (χ0) is 39.2. The topological polar surface area (TPSA) is 93.7 Å². The summed E-state index contributed by atoms with van der Waals surface area (Å²) in [5.74, 6) is 0.906. The molecule has 2 N–H and O–H groups in total. The average molecular weight is 759 g/mol.